The smallest absolute Gasteiger partial charge is 0.130 e. The van der Waals surface area contributed by atoms with Gasteiger partial charge in [0, 0.05) is 36.6 Å². The van der Waals surface area contributed by atoms with Gasteiger partial charge in [0.25, 0.3) is 0 Å². The summed E-state index contributed by atoms with van der Waals surface area (Å²) in [6.07, 6.45) is 3.55. The average Bonchev–Trinajstić information content (AvgIpc) is 2.40. The van der Waals surface area contributed by atoms with Crippen LogP contribution in [-0.4, -0.2) is 24.1 Å². The second-order valence-electron chi connectivity index (χ2n) is 3.68. The van der Waals surface area contributed by atoms with Crippen LogP contribution in [0.5, 0.6) is 5.75 Å². The van der Waals surface area contributed by atoms with Gasteiger partial charge >= 0.3 is 0 Å². The van der Waals surface area contributed by atoms with Crippen LogP contribution in [-0.2, 0) is 0 Å². The second-order valence-corrected chi connectivity index (χ2v) is 3.68. The van der Waals surface area contributed by atoms with Crippen LogP contribution in [0.25, 0.3) is 11.3 Å². The van der Waals surface area contributed by atoms with Crippen LogP contribution in [0.1, 0.15) is 5.56 Å². The highest BCUT2D eigenvalue weighted by molar-refractivity contribution is 5.67. The topological polar surface area (TPSA) is 47.0 Å². The van der Waals surface area contributed by atoms with E-state index in [4.69, 9.17) is 4.74 Å². The molecule has 0 atom stereocenters. The van der Waals surface area contributed by atoms with Gasteiger partial charge in [0.15, 0.2) is 0 Å². The van der Waals surface area contributed by atoms with Gasteiger partial charge in [-0.15, -0.1) is 0 Å². The van der Waals surface area contributed by atoms with Crippen LogP contribution < -0.4 is 10.1 Å². The minimum atomic E-state index is 0.784. The highest BCUT2D eigenvalue weighted by atomic mass is 16.5. The zero-order valence-corrected chi connectivity index (χ0v) is 10.2. The van der Waals surface area contributed by atoms with Crippen molar-refractivity contribution in [2.75, 3.05) is 19.5 Å². The van der Waals surface area contributed by atoms with Crippen LogP contribution in [0.15, 0.2) is 30.6 Å². The normalized spacial score (nSPS) is 10.1. The summed E-state index contributed by atoms with van der Waals surface area (Å²) >= 11 is 0. The Morgan fingerprint density at radius 3 is 2.76 bits per heavy atom. The molecule has 0 aliphatic carbocycles. The summed E-state index contributed by atoms with van der Waals surface area (Å²) in [4.78, 5) is 8.65. The Balaban J connectivity index is 2.60. The summed E-state index contributed by atoms with van der Waals surface area (Å²) in [6.45, 7) is 1.99. The Morgan fingerprint density at radius 2 is 2.18 bits per heavy atom. The van der Waals surface area contributed by atoms with Crippen LogP contribution >= 0.6 is 0 Å². The number of methoxy groups -OCH3 is 1. The molecule has 0 aliphatic rings. The zero-order valence-electron chi connectivity index (χ0n) is 10.2. The van der Waals surface area contributed by atoms with E-state index in [1.165, 1.54) is 0 Å². The lowest BCUT2D eigenvalue weighted by Gasteiger charge is -2.12. The first-order chi connectivity index (χ1) is 8.26. The summed E-state index contributed by atoms with van der Waals surface area (Å²) in [7, 11) is 3.50. The Bertz CT molecular complexity index is 512. The number of aromatic nitrogens is 2. The summed E-state index contributed by atoms with van der Waals surface area (Å²) < 4.78 is 5.35. The van der Waals surface area contributed by atoms with Gasteiger partial charge in [0.05, 0.1) is 12.8 Å². The molecule has 0 spiro atoms. The molecule has 2 rings (SSSR count). The molecule has 4 heteroatoms. The van der Waals surface area contributed by atoms with E-state index in [9.17, 15) is 0 Å². The minimum absolute atomic E-state index is 0.784. The number of nitrogens with zero attached hydrogens (tertiary/aromatic N) is 2. The molecule has 1 N–H and O–H groups in total. The number of nitrogens with one attached hydrogen (secondary N) is 1. The number of ether oxygens (including phenoxy) is 1. The van der Waals surface area contributed by atoms with E-state index in [0.29, 0.717) is 0 Å². The first-order valence-electron chi connectivity index (χ1n) is 5.40. The van der Waals surface area contributed by atoms with Crippen molar-refractivity contribution in [3.63, 3.8) is 0 Å². The van der Waals surface area contributed by atoms with Gasteiger partial charge < -0.3 is 10.1 Å². The molecule has 2 heterocycles. The monoisotopic (exact) mass is 229 g/mol. The van der Waals surface area contributed by atoms with E-state index in [-0.39, 0.29) is 0 Å². The summed E-state index contributed by atoms with van der Waals surface area (Å²) in [6, 6.07) is 5.77. The molecule has 17 heavy (non-hydrogen) atoms. The molecular weight excluding hydrogens is 214 g/mol. The maximum atomic E-state index is 5.35. The van der Waals surface area contributed by atoms with E-state index in [1.807, 2.05) is 32.2 Å². The van der Waals surface area contributed by atoms with Crippen molar-refractivity contribution in [3.05, 3.63) is 36.2 Å². The van der Waals surface area contributed by atoms with E-state index < -0.39 is 0 Å². The van der Waals surface area contributed by atoms with Crippen molar-refractivity contribution in [1.29, 1.82) is 0 Å². The van der Waals surface area contributed by atoms with Crippen LogP contribution in [0.4, 0.5) is 5.82 Å². The molecule has 0 saturated heterocycles. The number of rotatable bonds is 3. The quantitative estimate of drug-likeness (QED) is 0.878. The molecule has 0 unspecified atom stereocenters. The predicted octanol–water partition coefficient (Wildman–Crippen LogP) is 2.50. The Morgan fingerprint density at radius 1 is 1.35 bits per heavy atom. The van der Waals surface area contributed by atoms with Crippen LogP contribution in [0.2, 0.25) is 0 Å². The highest BCUT2D eigenvalue weighted by Crippen LogP contribution is 2.30. The number of anilines is 1. The Labute approximate surface area is 101 Å². The third kappa shape index (κ3) is 2.20. The summed E-state index contributed by atoms with van der Waals surface area (Å²) in [5.74, 6) is 1.61. The number of hydrogen-bond acceptors (Lipinski definition) is 4. The van der Waals surface area contributed by atoms with Gasteiger partial charge in [-0.2, -0.15) is 0 Å². The fraction of sp³-hybridized carbons (Fsp3) is 0.231. The van der Waals surface area contributed by atoms with Crippen LogP contribution in [0.3, 0.4) is 0 Å². The maximum absolute atomic E-state index is 5.35. The lowest BCUT2D eigenvalue weighted by atomic mass is 10.1. The summed E-state index contributed by atoms with van der Waals surface area (Å²) in [5.41, 5.74) is 2.89. The minimum Gasteiger partial charge on any atom is -0.496 e. The van der Waals surface area contributed by atoms with E-state index in [0.717, 1.165) is 28.4 Å². The molecule has 88 valence electrons. The molecule has 4 nitrogen and oxygen atoms in total. The largest absolute Gasteiger partial charge is 0.496 e. The molecule has 2 aromatic heterocycles. The molecule has 0 aromatic carbocycles. The fourth-order valence-corrected chi connectivity index (χ4v) is 1.71. The van der Waals surface area contributed by atoms with Crippen LogP contribution in [0, 0.1) is 6.92 Å². The van der Waals surface area contributed by atoms with E-state index in [2.05, 4.69) is 15.3 Å². The highest BCUT2D eigenvalue weighted by Gasteiger charge is 2.10. The molecule has 0 radical (unpaired) electrons. The lowest BCUT2D eigenvalue weighted by molar-refractivity contribution is 0.411. The molecule has 0 saturated carbocycles. The van der Waals surface area contributed by atoms with Gasteiger partial charge in [-0.25, -0.2) is 4.98 Å². The molecule has 0 fully saturated rings. The fourth-order valence-electron chi connectivity index (χ4n) is 1.71. The van der Waals surface area contributed by atoms with Crippen molar-refractivity contribution >= 4 is 5.82 Å². The van der Waals surface area contributed by atoms with Gasteiger partial charge in [-0.3, -0.25) is 4.98 Å². The molecule has 0 aliphatic heterocycles. The standard InChI is InChI=1S/C13H15N3O/c1-9-11(17-3)7-12(14-2)16-13(9)10-5-4-6-15-8-10/h4-8H,1-3H3,(H,14,16). The number of hydrogen-bond donors (Lipinski definition) is 1. The number of pyridine rings is 2. The third-order valence-corrected chi connectivity index (χ3v) is 2.64. The first-order valence-corrected chi connectivity index (χ1v) is 5.40. The van der Waals surface area contributed by atoms with Crippen molar-refractivity contribution in [2.45, 2.75) is 6.92 Å². The Kier molecular flexibility index (Phi) is 3.23. The SMILES string of the molecule is CNc1cc(OC)c(C)c(-c2cccnc2)n1. The molecular formula is C13H15N3O. The zero-order chi connectivity index (χ0) is 12.3. The van der Waals surface area contributed by atoms with Crippen molar-refractivity contribution < 1.29 is 4.74 Å². The van der Waals surface area contributed by atoms with Crippen molar-refractivity contribution in [3.8, 4) is 17.0 Å². The van der Waals surface area contributed by atoms with E-state index >= 15 is 0 Å². The summed E-state index contributed by atoms with van der Waals surface area (Å²) in [5, 5.41) is 3.03. The average molecular weight is 229 g/mol. The van der Waals surface area contributed by atoms with Crippen molar-refractivity contribution in [2.24, 2.45) is 0 Å². The molecule has 0 bridgehead atoms. The molecule has 0 amide bonds. The van der Waals surface area contributed by atoms with Gasteiger partial charge in [-0.1, -0.05) is 0 Å². The predicted molar refractivity (Wildman–Crippen MR) is 68.3 cm³/mol. The van der Waals surface area contributed by atoms with Crippen molar-refractivity contribution in [1.82, 2.24) is 9.97 Å². The van der Waals surface area contributed by atoms with Gasteiger partial charge in [-0.05, 0) is 19.1 Å². The van der Waals surface area contributed by atoms with Gasteiger partial charge in [0.2, 0.25) is 0 Å². The lowest BCUT2D eigenvalue weighted by Crippen LogP contribution is -1.99. The van der Waals surface area contributed by atoms with E-state index in [1.54, 1.807) is 19.5 Å². The Hall–Kier alpha value is -2.10. The maximum Gasteiger partial charge on any atom is 0.130 e. The van der Waals surface area contributed by atoms with Gasteiger partial charge in [0.1, 0.15) is 11.6 Å². The molecule has 2 aromatic rings. The first kappa shape index (κ1) is 11.4. The second kappa shape index (κ2) is 4.82. The third-order valence-electron chi connectivity index (χ3n) is 2.64.